The fourth-order valence-electron chi connectivity index (χ4n) is 3.20. The first-order valence-electron chi connectivity index (χ1n) is 9.75. The number of hydrogen-bond acceptors (Lipinski definition) is 4. The molecule has 27 heavy (non-hydrogen) atoms. The molecular weight excluding hydrogens is 338 g/mol. The number of nitrogens with zero attached hydrogens (tertiary/aromatic N) is 1. The van der Waals surface area contributed by atoms with Crippen LogP contribution in [0, 0.1) is 0 Å². The summed E-state index contributed by atoms with van der Waals surface area (Å²) >= 11 is 0. The van der Waals surface area contributed by atoms with Crippen molar-refractivity contribution in [2.24, 2.45) is 0 Å². The van der Waals surface area contributed by atoms with Gasteiger partial charge in [-0.1, -0.05) is 0 Å². The molecule has 0 aromatic heterocycles. The summed E-state index contributed by atoms with van der Waals surface area (Å²) in [4.78, 5) is 14.5. The lowest BCUT2D eigenvalue weighted by Gasteiger charge is -2.17. The van der Waals surface area contributed by atoms with E-state index in [0.717, 1.165) is 30.2 Å². The van der Waals surface area contributed by atoms with Crippen LogP contribution in [0.2, 0.25) is 0 Å². The Hall–Kier alpha value is -2.69. The standard InChI is InChI=1S/C22H29N3O2/c1-17(2)27-21-11-7-18(8-12-21)23-14-13-22(26)24-19-5-9-20(10-6-19)25-15-3-4-16-25/h5-12,17,23H,3-4,13-16H2,1-2H3,(H,24,26). The number of anilines is 3. The Bertz CT molecular complexity index is 720. The Morgan fingerprint density at radius 1 is 1.00 bits per heavy atom. The van der Waals surface area contributed by atoms with Crippen molar-refractivity contribution in [1.29, 1.82) is 0 Å². The zero-order valence-electron chi connectivity index (χ0n) is 16.2. The zero-order chi connectivity index (χ0) is 19.1. The Labute approximate surface area is 161 Å². The summed E-state index contributed by atoms with van der Waals surface area (Å²) in [5, 5.41) is 6.22. The number of rotatable bonds is 8. The molecule has 5 nitrogen and oxygen atoms in total. The van der Waals surface area contributed by atoms with Crippen molar-refractivity contribution in [3.8, 4) is 5.75 Å². The summed E-state index contributed by atoms with van der Waals surface area (Å²) in [6.07, 6.45) is 3.10. The van der Waals surface area contributed by atoms with Gasteiger partial charge >= 0.3 is 0 Å². The molecule has 0 atom stereocenters. The van der Waals surface area contributed by atoms with E-state index in [0.29, 0.717) is 13.0 Å². The first-order chi connectivity index (χ1) is 13.1. The number of carbonyl (C=O) groups is 1. The lowest BCUT2D eigenvalue weighted by Crippen LogP contribution is -2.18. The highest BCUT2D eigenvalue weighted by Gasteiger charge is 2.12. The van der Waals surface area contributed by atoms with Gasteiger partial charge in [-0.3, -0.25) is 4.79 Å². The van der Waals surface area contributed by atoms with Crippen molar-refractivity contribution >= 4 is 23.0 Å². The molecule has 0 saturated carbocycles. The number of ether oxygens (including phenoxy) is 1. The molecule has 1 heterocycles. The van der Waals surface area contributed by atoms with Gasteiger partial charge in [0.15, 0.2) is 0 Å². The first-order valence-corrected chi connectivity index (χ1v) is 9.75. The van der Waals surface area contributed by atoms with Crippen LogP contribution in [0.5, 0.6) is 5.75 Å². The number of hydrogen-bond donors (Lipinski definition) is 2. The number of nitrogens with one attached hydrogen (secondary N) is 2. The molecule has 0 aliphatic carbocycles. The average molecular weight is 367 g/mol. The normalized spacial score (nSPS) is 13.7. The van der Waals surface area contributed by atoms with E-state index in [-0.39, 0.29) is 12.0 Å². The van der Waals surface area contributed by atoms with Gasteiger partial charge in [-0.05, 0) is 75.2 Å². The van der Waals surface area contributed by atoms with Gasteiger partial charge in [0.1, 0.15) is 5.75 Å². The molecule has 0 radical (unpaired) electrons. The van der Waals surface area contributed by atoms with E-state index in [1.54, 1.807) is 0 Å². The van der Waals surface area contributed by atoms with Gasteiger partial charge in [0.05, 0.1) is 6.10 Å². The molecular formula is C22H29N3O2. The molecule has 144 valence electrons. The summed E-state index contributed by atoms with van der Waals surface area (Å²) in [5.41, 5.74) is 3.06. The van der Waals surface area contributed by atoms with E-state index in [2.05, 4.69) is 27.7 Å². The minimum Gasteiger partial charge on any atom is -0.491 e. The van der Waals surface area contributed by atoms with Crippen LogP contribution in [0.15, 0.2) is 48.5 Å². The topological polar surface area (TPSA) is 53.6 Å². The summed E-state index contributed by atoms with van der Waals surface area (Å²) in [7, 11) is 0. The second kappa shape index (κ2) is 9.31. The molecule has 0 unspecified atom stereocenters. The molecule has 1 amide bonds. The van der Waals surface area contributed by atoms with Crippen LogP contribution in [-0.2, 0) is 4.79 Å². The summed E-state index contributed by atoms with van der Waals surface area (Å²) in [6.45, 7) is 6.85. The van der Waals surface area contributed by atoms with Crippen LogP contribution in [-0.4, -0.2) is 31.6 Å². The Morgan fingerprint density at radius 2 is 1.63 bits per heavy atom. The molecule has 0 spiro atoms. The Kier molecular flexibility index (Phi) is 6.58. The zero-order valence-corrected chi connectivity index (χ0v) is 16.2. The highest BCUT2D eigenvalue weighted by Crippen LogP contribution is 2.22. The minimum absolute atomic E-state index is 0.0104. The second-order valence-corrected chi connectivity index (χ2v) is 7.16. The molecule has 5 heteroatoms. The van der Waals surface area contributed by atoms with Crippen LogP contribution in [0.1, 0.15) is 33.1 Å². The van der Waals surface area contributed by atoms with Crippen molar-refractivity contribution in [2.45, 2.75) is 39.2 Å². The van der Waals surface area contributed by atoms with Crippen molar-refractivity contribution in [1.82, 2.24) is 0 Å². The Balaban J connectivity index is 1.40. The maximum atomic E-state index is 12.1. The summed E-state index contributed by atoms with van der Waals surface area (Å²) in [5.74, 6) is 0.863. The van der Waals surface area contributed by atoms with E-state index < -0.39 is 0 Å². The van der Waals surface area contributed by atoms with Gasteiger partial charge in [0, 0.05) is 43.1 Å². The number of carbonyl (C=O) groups excluding carboxylic acids is 1. The average Bonchev–Trinajstić information content (AvgIpc) is 3.18. The van der Waals surface area contributed by atoms with E-state index >= 15 is 0 Å². The monoisotopic (exact) mass is 367 g/mol. The van der Waals surface area contributed by atoms with Gasteiger partial charge in [-0.25, -0.2) is 0 Å². The van der Waals surface area contributed by atoms with E-state index in [4.69, 9.17) is 4.74 Å². The van der Waals surface area contributed by atoms with E-state index in [1.165, 1.54) is 18.5 Å². The molecule has 0 bridgehead atoms. The highest BCUT2D eigenvalue weighted by atomic mass is 16.5. The molecule has 2 aromatic rings. The van der Waals surface area contributed by atoms with Crippen LogP contribution in [0.3, 0.4) is 0 Å². The first kappa shape index (κ1) is 19.1. The quantitative estimate of drug-likeness (QED) is 0.720. The fourth-order valence-corrected chi connectivity index (χ4v) is 3.20. The third-order valence-corrected chi connectivity index (χ3v) is 4.53. The summed E-state index contributed by atoms with van der Waals surface area (Å²) in [6, 6.07) is 15.9. The predicted octanol–water partition coefficient (Wildman–Crippen LogP) is 4.51. The molecule has 2 aromatic carbocycles. The van der Waals surface area contributed by atoms with Crippen molar-refractivity contribution < 1.29 is 9.53 Å². The van der Waals surface area contributed by atoms with Gasteiger partial charge < -0.3 is 20.3 Å². The maximum Gasteiger partial charge on any atom is 0.226 e. The fraction of sp³-hybridized carbons (Fsp3) is 0.409. The minimum atomic E-state index is 0.0104. The van der Waals surface area contributed by atoms with Crippen LogP contribution in [0.25, 0.3) is 0 Å². The molecule has 2 N–H and O–H groups in total. The van der Waals surface area contributed by atoms with Gasteiger partial charge in [0.25, 0.3) is 0 Å². The Morgan fingerprint density at radius 3 is 2.26 bits per heavy atom. The van der Waals surface area contributed by atoms with Crippen LogP contribution in [0.4, 0.5) is 17.1 Å². The third-order valence-electron chi connectivity index (χ3n) is 4.53. The smallest absolute Gasteiger partial charge is 0.226 e. The molecule has 1 aliphatic heterocycles. The lowest BCUT2D eigenvalue weighted by molar-refractivity contribution is -0.115. The maximum absolute atomic E-state index is 12.1. The number of amides is 1. The molecule has 3 rings (SSSR count). The van der Waals surface area contributed by atoms with Gasteiger partial charge in [-0.15, -0.1) is 0 Å². The van der Waals surface area contributed by atoms with Crippen molar-refractivity contribution in [3.63, 3.8) is 0 Å². The van der Waals surface area contributed by atoms with E-state index in [1.807, 2.05) is 50.2 Å². The van der Waals surface area contributed by atoms with Gasteiger partial charge in [-0.2, -0.15) is 0 Å². The molecule has 1 saturated heterocycles. The highest BCUT2D eigenvalue weighted by molar-refractivity contribution is 5.91. The third kappa shape index (κ3) is 5.91. The number of benzene rings is 2. The largest absolute Gasteiger partial charge is 0.491 e. The van der Waals surface area contributed by atoms with E-state index in [9.17, 15) is 4.79 Å². The van der Waals surface area contributed by atoms with Gasteiger partial charge in [0.2, 0.25) is 5.91 Å². The van der Waals surface area contributed by atoms with Crippen molar-refractivity contribution in [3.05, 3.63) is 48.5 Å². The predicted molar refractivity (Wildman–Crippen MR) is 112 cm³/mol. The molecule has 1 aliphatic rings. The van der Waals surface area contributed by atoms with Crippen molar-refractivity contribution in [2.75, 3.05) is 35.2 Å². The van der Waals surface area contributed by atoms with Crippen LogP contribution >= 0.6 is 0 Å². The lowest BCUT2D eigenvalue weighted by atomic mass is 10.2. The second-order valence-electron chi connectivity index (χ2n) is 7.16. The summed E-state index contributed by atoms with van der Waals surface area (Å²) < 4.78 is 5.62. The molecule has 1 fully saturated rings. The SMILES string of the molecule is CC(C)Oc1ccc(NCCC(=O)Nc2ccc(N3CCCC3)cc2)cc1. The van der Waals surface area contributed by atoms with Crippen LogP contribution < -0.4 is 20.3 Å².